The summed E-state index contributed by atoms with van der Waals surface area (Å²) >= 11 is -1.02. The predicted octanol–water partition coefficient (Wildman–Crippen LogP) is 5.60. The third-order valence-electron chi connectivity index (χ3n) is 6.82. The third kappa shape index (κ3) is 3.80. The van der Waals surface area contributed by atoms with E-state index in [4.69, 9.17) is 0 Å². The van der Waals surface area contributed by atoms with E-state index in [-0.39, 0.29) is 22.2 Å². The highest BCUT2D eigenvalue weighted by molar-refractivity contribution is 7.90. The van der Waals surface area contributed by atoms with E-state index in [1.165, 1.54) is 16.7 Å². The first kappa shape index (κ1) is 21.7. The lowest BCUT2D eigenvalue weighted by Crippen LogP contribution is -2.75. The van der Waals surface area contributed by atoms with Crippen molar-refractivity contribution in [1.29, 1.82) is 0 Å². The Morgan fingerprint density at radius 3 is 1.72 bits per heavy atom. The van der Waals surface area contributed by atoms with E-state index in [2.05, 4.69) is 121 Å². The number of benzene rings is 3. The lowest BCUT2D eigenvalue weighted by atomic mass is 9.64. The Labute approximate surface area is 195 Å². The molecule has 0 amide bonds. The molecule has 5 rings (SSSR count). The van der Waals surface area contributed by atoms with Crippen LogP contribution in [0.5, 0.6) is 0 Å². The lowest BCUT2D eigenvalue weighted by Gasteiger charge is -2.66. The zero-order valence-electron chi connectivity index (χ0n) is 19.1. The van der Waals surface area contributed by atoms with E-state index in [9.17, 15) is 4.55 Å². The summed E-state index contributed by atoms with van der Waals surface area (Å²) in [5.74, 6) is 0. The zero-order valence-corrected chi connectivity index (χ0v) is 20.0. The molecule has 1 spiro atoms. The quantitative estimate of drug-likeness (QED) is 0.480. The molecule has 3 aromatic rings. The van der Waals surface area contributed by atoms with Gasteiger partial charge >= 0.3 is 0 Å². The molecule has 2 atom stereocenters. The van der Waals surface area contributed by atoms with Gasteiger partial charge in [0.25, 0.3) is 0 Å². The van der Waals surface area contributed by atoms with Crippen molar-refractivity contribution in [3.8, 4) is 0 Å². The Hall–Kier alpha value is -2.11. The first-order valence-corrected chi connectivity index (χ1v) is 12.6. The summed E-state index contributed by atoms with van der Waals surface area (Å²) in [6.07, 6.45) is 0. The Morgan fingerprint density at radius 2 is 1.25 bits per heavy atom. The maximum atomic E-state index is 13.3. The molecular weight excluding hydrogens is 412 g/mol. The molecule has 0 aromatic heterocycles. The standard InChI is InChI=1S/C28H32N2OS/c1-27(2,3)32(31)30-21-28(26(30)24-17-11-6-12-18-24)19-29(20-28)25(22-13-7-4-8-14-22)23-15-9-5-10-16-23/h4-18,25-26H,19-21H2,1-3H3/t26-,32+/m0/s1. The monoisotopic (exact) mass is 444 g/mol. The molecule has 0 N–H and O–H groups in total. The second-order valence-corrected chi connectivity index (χ2v) is 12.4. The third-order valence-corrected chi connectivity index (χ3v) is 8.64. The number of likely N-dealkylation sites (tertiary alicyclic amines) is 1. The van der Waals surface area contributed by atoms with Crippen molar-refractivity contribution >= 4 is 11.4 Å². The molecule has 0 aliphatic carbocycles. The summed E-state index contributed by atoms with van der Waals surface area (Å²) in [5.41, 5.74) is 4.11. The van der Waals surface area contributed by atoms with Gasteiger partial charge in [0.15, 0.2) is 0 Å². The summed E-state index contributed by atoms with van der Waals surface area (Å²) in [4.78, 5) is 2.60. The van der Waals surface area contributed by atoms with Crippen LogP contribution in [0.3, 0.4) is 0 Å². The summed E-state index contributed by atoms with van der Waals surface area (Å²) < 4.78 is 15.3. The molecule has 2 heterocycles. The largest absolute Gasteiger partial charge is 0.597 e. The predicted molar refractivity (Wildman–Crippen MR) is 133 cm³/mol. The molecule has 4 heteroatoms. The first-order chi connectivity index (χ1) is 15.4. The van der Waals surface area contributed by atoms with Crippen molar-refractivity contribution in [3.05, 3.63) is 108 Å². The lowest BCUT2D eigenvalue weighted by molar-refractivity contribution is -0.143. The average molecular weight is 445 g/mol. The SMILES string of the molecule is CC(C)(C)[S@@+]([O-])N1CC2(CN(C(c3ccccc3)c3ccccc3)C2)[C@@H]1c1ccccc1. The van der Waals surface area contributed by atoms with Gasteiger partial charge in [0.1, 0.15) is 4.75 Å². The van der Waals surface area contributed by atoms with Gasteiger partial charge in [-0.05, 0) is 37.5 Å². The molecule has 0 saturated carbocycles. The van der Waals surface area contributed by atoms with Crippen LogP contribution in [0.15, 0.2) is 91.0 Å². The van der Waals surface area contributed by atoms with E-state index >= 15 is 0 Å². The first-order valence-electron chi connectivity index (χ1n) is 11.5. The van der Waals surface area contributed by atoms with Crippen LogP contribution in [-0.2, 0) is 11.4 Å². The summed E-state index contributed by atoms with van der Waals surface area (Å²) in [7, 11) is 0. The second kappa shape index (κ2) is 8.35. The topological polar surface area (TPSA) is 29.5 Å². The Bertz CT molecular complexity index is 990. The summed E-state index contributed by atoms with van der Waals surface area (Å²) in [5, 5.41) is 0. The number of rotatable bonds is 5. The number of hydrogen-bond donors (Lipinski definition) is 0. The summed E-state index contributed by atoms with van der Waals surface area (Å²) in [6.45, 7) is 9.14. The Morgan fingerprint density at radius 1 is 0.781 bits per heavy atom. The second-order valence-electron chi connectivity index (χ2n) is 10.2. The molecule has 166 valence electrons. The van der Waals surface area contributed by atoms with Crippen molar-refractivity contribution in [2.75, 3.05) is 19.6 Å². The maximum absolute atomic E-state index is 13.3. The van der Waals surface area contributed by atoms with Gasteiger partial charge in [-0.1, -0.05) is 91.0 Å². The highest BCUT2D eigenvalue weighted by Gasteiger charge is 2.65. The molecule has 2 aliphatic rings. The van der Waals surface area contributed by atoms with Crippen molar-refractivity contribution in [1.82, 2.24) is 9.21 Å². The van der Waals surface area contributed by atoms with E-state index in [0.717, 1.165) is 19.6 Å². The minimum Gasteiger partial charge on any atom is -0.597 e. The molecule has 0 bridgehead atoms. The minimum atomic E-state index is -1.02. The highest BCUT2D eigenvalue weighted by atomic mass is 32.2. The fraction of sp³-hybridized carbons (Fsp3) is 0.357. The van der Waals surface area contributed by atoms with Gasteiger partial charge in [-0.25, -0.2) is 0 Å². The molecule has 0 unspecified atom stereocenters. The van der Waals surface area contributed by atoms with E-state index < -0.39 is 11.4 Å². The van der Waals surface area contributed by atoms with Gasteiger partial charge < -0.3 is 4.55 Å². The Balaban J connectivity index is 1.43. The zero-order chi connectivity index (χ0) is 22.3. The van der Waals surface area contributed by atoms with E-state index in [0.29, 0.717) is 0 Å². The fourth-order valence-corrected chi connectivity index (χ4v) is 7.06. The molecule has 2 saturated heterocycles. The minimum absolute atomic E-state index is 0.157. The molecule has 3 nitrogen and oxygen atoms in total. The molecule has 2 fully saturated rings. The van der Waals surface area contributed by atoms with Gasteiger partial charge in [0, 0.05) is 29.9 Å². The highest BCUT2D eigenvalue weighted by Crippen LogP contribution is 2.58. The van der Waals surface area contributed by atoms with Crippen LogP contribution in [-0.4, -0.2) is 38.1 Å². The summed E-state index contributed by atoms with van der Waals surface area (Å²) in [6, 6.07) is 32.8. The van der Waals surface area contributed by atoms with E-state index in [1.54, 1.807) is 0 Å². The van der Waals surface area contributed by atoms with Crippen molar-refractivity contribution in [2.45, 2.75) is 37.6 Å². The van der Waals surface area contributed by atoms with Crippen LogP contribution in [0.25, 0.3) is 0 Å². The van der Waals surface area contributed by atoms with Crippen LogP contribution in [0.4, 0.5) is 0 Å². The van der Waals surface area contributed by atoms with Crippen molar-refractivity contribution in [2.24, 2.45) is 5.41 Å². The van der Waals surface area contributed by atoms with Crippen molar-refractivity contribution < 1.29 is 4.55 Å². The smallest absolute Gasteiger partial charge is 0.137 e. The van der Waals surface area contributed by atoms with Crippen LogP contribution in [0.2, 0.25) is 0 Å². The fourth-order valence-electron chi connectivity index (χ4n) is 5.45. The van der Waals surface area contributed by atoms with Gasteiger partial charge in [-0.15, -0.1) is 4.31 Å². The van der Waals surface area contributed by atoms with Gasteiger partial charge in [0.05, 0.1) is 18.6 Å². The van der Waals surface area contributed by atoms with Crippen LogP contribution in [0.1, 0.15) is 49.5 Å². The molecular formula is C28H32N2OS. The number of hydrogen-bond acceptors (Lipinski definition) is 3. The van der Waals surface area contributed by atoms with Gasteiger partial charge in [-0.3, -0.25) is 4.90 Å². The molecule has 32 heavy (non-hydrogen) atoms. The van der Waals surface area contributed by atoms with Crippen LogP contribution < -0.4 is 0 Å². The van der Waals surface area contributed by atoms with Crippen LogP contribution in [0, 0.1) is 5.41 Å². The van der Waals surface area contributed by atoms with Crippen LogP contribution >= 0.6 is 0 Å². The average Bonchev–Trinajstić information content (AvgIpc) is 2.76. The van der Waals surface area contributed by atoms with Gasteiger partial charge in [-0.2, -0.15) is 0 Å². The normalized spacial score (nSPS) is 21.8. The molecule has 3 aromatic carbocycles. The molecule has 0 radical (unpaired) electrons. The molecule has 2 aliphatic heterocycles. The Kier molecular flexibility index (Phi) is 5.67. The van der Waals surface area contributed by atoms with Crippen molar-refractivity contribution in [3.63, 3.8) is 0 Å². The maximum Gasteiger partial charge on any atom is 0.137 e. The van der Waals surface area contributed by atoms with E-state index in [1.807, 2.05) is 0 Å². The van der Waals surface area contributed by atoms with Gasteiger partial charge in [0.2, 0.25) is 0 Å². The number of nitrogens with zero attached hydrogens (tertiary/aromatic N) is 2.